The van der Waals surface area contributed by atoms with Crippen LogP contribution in [0.4, 0.5) is 8.78 Å². The summed E-state index contributed by atoms with van der Waals surface area (Å²) < 4.78 is 30.3. The first-order chi connectivity index (χ1) is 7.08. The third kappa shape index (κ3) is 2.65. The summed E-state index contributed by atoms with van der Waals surface area (Å²) in [7, 11) is 1.24. The largest absolute Gasteiger partial charge is 0.493 e. The Morgan fingerprint density at radius 2 is 2.20 bits per heavy atom. The molecule has 0 atom stereocenters. The Kier molecular flexibility index (Phi) is 3.60. The van der Waals surface area contributed by atoms with Gasteiger partial charge in [0.15, 0.2) is 11.6 Å². The van der Waals surface area contributed by atoms with Gasteiger partial charge in [0.05, 0.1) is 13.5 Å². The second-order valence-electron chi connectivity index (χ2n) is 2.97. The first-order valence-electron chi connectivity index (χ1n) is 4.21. The van der Waals surface area contributed by atoms with Crippen LogP contribution < -0.4 is 4.74 Å². The standard InChI is InChI=1S/C10H10F2O3/c1-15-10-7(4-9(13)14)2-6(5-11)3-8(10)12/h2-3H,4-5H2,1H3,(H,13,14). The molecule has 5 heteroatoms. The first kappa shape index (κ1) is 11.4. The van der Waals surface area contributed by atoms with Gasteiger partial charge < -0.3 is 9.84 Å². The maximum Gasteiger partial charge on any atom is 0.307 e. The number of carboxylic acids is 1. The van der Waals surface area contributed by atoms with Crippen LogP contribution >= 0.6 is 0 Å². The number of methoxy groups -OCH3 is 1. The van der Waals surface area contributed by atoms with Crippen molar-refractivity contribution in [3.05, 3.63) is 29.1 Å². The fourth-order valence-electron chi connectivity index (χ4n) is 1.31. The fraction of sp³-hybridized carbons (Fsp3) is 0.300. The van der Waals surface area contributed by atoms with E-state index in [0.717, 1.165) is 6.07 Å². The summed E-state index contributed by atoms with van der Waals surface area (Å²) in [6, 6.07) is 2.28. The molecule has 0 aliphatic heterocycles. The molecule has 82 valence electrons. The highest BCUT2D eigenvalue weighted by Crippen LogP contribution is 2.25. The van der Waals surface area contributed by atoms with Crippen LogP contribution in [0.1, 0.15) is 11.1 Å². The summed E-state index contributed by atoms with van der Waals surface area (Å²) in [5.41, 5.74) is 0.238. The Labute approximate surface area is 85.3 Å². The Morgan fingerprint density at radius 1 is 1.53 bits per heavy atom. The number of alkyl halides is 1. The minimum absolute atomic E-state index is 0.101. The summed E-state index contributed by atoms with van der Waals surface area (Å²) in [6.07, 6.45) is -0.395. The van der Waals surface area contributed by atoms with Crippen molar-refractivity contribution in [1.29, 1.82) is 0 Å². The third-order valence-corrected chi connectivity index (χ3v) is 1.88. The SMILES string of the molecule is COc1c(F)cc(CF)cc1CC(=O)O. The molecular weight excluding hydrogens is 206 g/mol. The lowest BCUT2D eigenvalue weighted by Crippen LogP contribution is -2.04. The number of hydrogen-bond acceptors (Lipinski definition) is 2. The average molecular weight is 216 g/mol. The van der Waals surface area contributed by atoms with Gasteiger partial charge >= 0.3 is 5.97 Å². The van der Waals surface area contributed by atoms with E-state index in [0.29, 0.717) is 0 Å². The molecule has 0 aliphatic rings. The molecule has 0 heterocycles. The van der Waals surface area contributed by atoms with Crippen LogP contribution in [0.15, 0.2) is 12.1 Å². The van der Waals surface area contributed by atoms with Gasteiger partial charge in [0.1, 0.15) is 6.67 Å². The highest BCUT2D eigenvalue weighted by atomic mass is 19.1. The Morgan fingerprint density at radius 3 is 2.67 bits per heavy atom. The quantitative estimate of drug-likeness (QED) is 0.836. The molecule has 1 aromatic carbocycles. The lowest BCUT2D eigenvalue weighted by Gasteiger charge is -2.09. The zero-order valence-electron chi connectivity index (χ0n) is 8.09. The van der Waals surface area contributed by atoms with E-state index in [9.17, 15) is 13.6 Å². The molecule has 1 rings (SSSR count). The Hall–Kier alpha value is -1.65. The highest BCUT2D eigenvalue weighted by molar-refractivity contribution is 5.71. The van der Waals surface area contributed by atoms with Crippen LogP contribution in [0, 0.1) is 5.82 Å². The van der Waals surface area contributed by atoms with Gasteiger partial charge in [-0.25, -0.2) is 8.78 Å². The van der Waals surface area contributed by atoms with Crippen LogP contribution in [0.3, 0.4) is 0 Å². The number of halogens is 2. The van der Waals surface area contributed by atoms with Gasteiger partial charge in [-0.2, -0.15) is 0 Å². The Bertz CT molecular complexity index is 377. The number of benzene rings is 1. The van der Waals surface area contributed by atoms with E-state index in [4.69, 9.17) is 9.84 Å². The van der Waals surface area contributed by atoms with Crippen molar-refractivity contribution >= 4 is 5.97 Å². The normalized spacial score (nSPS) is 10.1. The minimum atomic E-state index is -1.12. The molecule has 0 unspecified atom stereocenters. The topological polar surface area (TPSA) is 46.5 Å². The van der Waals surface area contributed by atoms with Crippen molar-refractivity contribution in [2.24, 2.45) is 0 Å². The molecule has 0 spiro atoms. The molecule has 0 aliphatic carbocycles. The molecule has 0 fully saturated rings. The number of aliphatic carboxylic acids is 1. The van der Waals surface area contributed by atoms with E-state index >= 15 is 0 Å². The molecule has 0 bridgehead atoms. The maximum absolute atomic E-state index is 13.3. The van der Waals surface area contributed by atoms with Gasteiger partial charge in [0.2, 0.25) is 0 Å². The van der Waals surface area contributed by atoms with Gasteiger partial charge in [-0.15, -0.1) is 0 Å². The number of carboxylic acid groups (broad SMARTS) is 1. The molecular formula is C10H10F2O3. The molecule has 15 heavy (non-hydrogen) atoms. The lowest BCUT2D eigenvalue weighted by molar-refractivity contribution is -0.136. The zero-order chi connectivity index (χ0) is 11.4. The third-order valence-electron chi connectivity index (χ3n) is 1.88. The number of ether oxygens (including phenoxy) is 1. The second-order valence-corrected chi connectivity index (χ2v) is 2.97. The monoisotopic (exact) mass is 216 g/mol. The van der Waals surface area contributed by atoms with E-state index in [2.05, 4.69) is 0 Å². The van der Waals surface area contributed by atoms with Crippen LogP contribution in [-0.4, -0.2) is 18.2 Å². The molecule has 0 amide bonds. The van der Waals surface area contributed by atoms with Crippen molar-refractivity contribution in [1.82, 2.24) is 0 Å². The highest BCUT2D eigenvalue weighted by Gasteiger charge is 2.14. The summed E-state index contributed by atoms with van der Waals surface area (Å²) in [5, 5.41) is 8.57. The van der Waals surface area contributed by atoms with Gasteiger partial charge in [0.25, 0.3) is 0 Å². The van der Waals surface area contributed by atoms with Crippen molar-refractivity contribution in [3.8, 4) is 5.75 Å². The van der Waals surface area contributed by atoms with E-state index in [1.54, 1.807) is 0 Å². The summed E-state index contributed by atoms with van der Waals surface area (Å²) in [6.45, 7) is -0.840. The van der Waals surface area contributed by atoms with E-state index in [-0.39, 0.29) is 16.9 Å². The van der Waals surface area contributed by atoms with Crippen LogP contribution in [-0.2, 0) is 17.9 Å². The van der Waals surface area contributed by atoms with Gasteiger partial charge in [0, 0.05) is 5.56 Å². The van der Waals surface area contributed by atoms with Crippen molar-refractivity contribution < 1.29 is 23.4 Å². The molecule has 0 radical (unpaired) electrons. The number of carbonyl (C=O) groups is 1. The van der Waals surface area contributed by atoms with E-state index in [1.807, 2.05) is 0 Å². The van der Waals surface area contributed by atoms with E-state index < -0.39 is 24.9 Å². The van der Waals surface area contributed by atoms with Crippen LogP contribution in [0.25, 0.3) is 0 Å². The van der Waals surface area contributed by atoms with Gasteiger partial charge in [-0.05, 0) is 17.7 Å². The molecule has 1 aromatic rings. The zero-order valence-corrected chi connectivity index (χ0v) is 8.09. The number of rotatable bonds is 4. The molecule has 0 saturated heterocycles. The fourth-order valence-corrected chi connectivity index (χ4v) is 1.31. The summed E-state index contributed by atoms with van der Waals surface area (Å²) >= 11 is 0. The predicted octanol–water partition coefficient (Wildman–Crippen LogP) is 1.93. The van der Waals surface area contributed by atoms with Crippen molar-refractivity contribution in [2.45, 2.75) is 13.1 Å². The summed E-state index contributed by atoms with van der Waals surface area (Å²) in [4.78, 5) is 10.5. The molecule has 1 N–H and O–H groups in total. The first-order valence-corrected chi connectivity index (χ1v) is 4.21. The van der Waals surface area contributed by atoms with Crippen LogP contribution in [0.2, 0.25) is 0 Å². The lowest BCUT2D eigenvalue weighted by atomic mass is 10.1. The van der Waals surface area contributed by atoms with Crippen LogP contribution in [0.5, 0.6) is 5.75 Å². The minimum Gasteiger partial charge on any atom is -0.493 e. The maximum atomic E-state index is 13.3. The van der Waals surface area contributed by atoms with Crippen molar-refractivity contribution in [3.63, 3.8) is 0 Å². The molecule has 0 saturated carbocycles. The average Bonchev–Trinajstić information content (AvgIpc) is 2.16. The molecule has 3 nitrogen and oxygen atoms in total. The van der Waals surface area contributed by atoms with Gasteiger partial charge in [-0.1, -0.05) is 0 Å². The molecule has 0 aromatic heterocycles. The van der Waals surface area contributed by atoms with E-state index in [1.165, 1.54) is 13.2 Å². The van der Waals surface area contributed by atoms with Gasteiger partial charge in [-0.3, -0.25) is 4.79 Å². The second kappa shape index (κ2) is 4.72. The number of hydrogen-bond donors (Lipinski definition) is 1. The summed E-state index contributed by atoms with van der Waals surface area (Å²) in [5.74, 6) is -2.01. The van der Waals surface area contributed by atoms with Crippen molar-refractivity contribution in [2.75, 3.05) is 7.11 Å². The predicted molar refractivity (Wildman–Crippen MR) is 49.1 cm³/mol. The Balaban J connectivity index is 3.19. The smallest absolute Gasteiger partial charge is 0.307 e.